The lowest BCUT2D eigenvalue weighted by Crippen LogP contribution is -2.37. The number of hydrogen-bond donors (Lipinski definition) is 3. The van der Waals surface area contributed by atoms with Crippen molar-refractivity contribution in [3.05, 3.63) is 35.1 Å². The molecule has 0 aliphatic rings. The third kappa shape index (κ3) is 6.66. The molecule has 0 radical (unpaired) electrons. The van der Waals surface area contributed by atoms with Gasteiger partial charge >= 0.3 is 6.03 Å². The van der Waals surface area contributed by atoms with Crippen LogP contribution in [0.2, 0.25) is 0 Å². The van der Waals surface area contributed by atoms with Crippen molar-refractivity contribution in [2.45, 2.75) is 38.7 Å². The third-order valence-electron chi connectivity index (χ3n) is 3.40. The fraction of sp³-hybridized carbons (Fsp3) is 0.562. The molecule has 0 saturated carbocycles. The summed E-state index contributed by atoms with van der Waals surface area (Å²) in [4.78, 5) is 11.7. The number of carbonyl (C=O) groups excluding carboxylic acids is 1. The van der Waals surface area contributed by atoms with E-state index in [0.717, 1.165) is 11.1 Å². The quantitative estimate of drug-likeness (QED) is 0.688. The Morgan fingerprint density at radius 1 is 1.32 bits per heavy atom. The van der Waals surface area contributed by atoms with Gasteiger partial charge < -0.3 is 15.7 Å². The van der Waals surface area contributed by atoms with Crippen LogP contribution in [0, 0.1) is 11.7 Å². The summed E-state index contributed by atoms with van der Waals surface area (Å²) in [5.74, 6) is 0.620. The van der Waals surface area contributed by atoms with E-state index in [1.54, 1.807) is 17.8 Å². The zero-order valence-corrected chi connectivity index (χ0v) is 14.2. The van der Waals surface area contributed by atoms with Crippen molar-refractivity contribution < 1.29 is 14.3 Å². The van der Waals surface area contributed by atoms with Crippen molar-refractivity contribution in [2.24, 2.45) is 5.92 Å². The lowest BCUT2D eigenvalue weighted by atomic mass is 10.0. The molecule has 0 aliphatic heterocycles. The lowest BCUT2D eigenvalue weighted by molar-refractivity contribution is 0.116. The van der Waals surface area contributed by atoms with E-state index in [1.807, 2.05) is 20.1 Å². The van der Waals surface area contributed by atoms with Crippen molar-refractivity contribution in [2.75, 3.05) is 12.8 Å². The largest absolute Gasteiger partial charge is 0.393 e. The summed E-state index contributed by atoms with van der Waals surface area (Å²) in [6.45, 7) is 4.65. The molecule has 1 unspecified atom stereocenters. The van der Waals surface area contributed by atoms with E-state index < -0.39 is 6.10 Å². The summed E-state index contributed by atoms with van der Waals surface area (Å²) in [6, 6.07) is 4.32. The van der Waals surface area contributed by atoms with Crippen molar-refractivity contribution in [3.8, 4) is 0 Å². The van der Waals surface area contributed by atoms with Crippen LogP contribution in [0.3, 0.4) is 0 Å². The van der Waals surface area contributed by atoms with Gasteiger partial charge in [0.05, 0.1) is 6.10 Å². The van der Waals surface area contributed by atoms with E-state index >= 15 is 0 Å². The molecular weight excluding hydrogens is 303 g/mol. The zero-order valence-electron chi connectivity index (χ0n) is 13.4. The highest BCUT2D eigenvalue weighted by Gasteiger charge is 2.10. The normalized spacial score (nSPS) is 12.3. The van der Waals surface area contributed by atoms with Crippen LogP contribution in [-0.4, -0.2) is 30.0 Å². The molecule has 1 rings (SSSR count). The molecule has 1 aromatic carbocycles. The van der Waals surface area contributed by atoms with Gasteiger partial charge in [-0.1, -0.05) is 19.9 Å². The Bertz CT molecular complexity index is 483. The number of benzene rings is 1. The second kappa shape index (κ2) is 9.69. The molecule has 1 atom stereocenters. The molecule has 0 aliphatic carbocycles. The molecular formula is C16H25FN2O2S. The first-order valence-electron chi connectivity index (χ1n) is 7.40. The van der Waals surface area contributed by atoms with Crippen LogP contribution < -0.4 is 10.6 Å². The average Bonchev–Trinajstić information content (AvgIpc) is 2.46. The number of carbonyl (C=O) groups is 1. The summed E-state index contributed by atoms with van der Waals surface area (Å²) in [7, 11) is 0. The second-order valence-corrected chi connectivity index (χ2v) is 6.42. The van der Waals surface area contributed by atoms with Crippen LogP contribution in [0.25, 0.3) is 0 Å². The fourth-order valence-corrected chi connectivity index (χ4v) is 2.54. The molecule has 0 bridgehead atoms. The number of aliphatic hydroxyl groups excluding tert-OH is 1. The fourth-order valence-electron chi connectivity index (χ4n) is 1.96. The minimum atomic E-state index is -0.411. The number of amides is 2. The molecule has 22 heavy (non-hydrogen) atoms. The van der Waals surface area contributed by atoms with Gasteiger partial charge in [0, 0.05) is 18.8 Å². The van der Waals surface area contributed by atoms with E-state index in [1.165, 1.54) is 12.1 Å². The van der Waals surface area contributed by atoms with E-state index in [0.29, 0.717) is 25.3 Å². The maximum absolute atomic E-state index is 13.2. The number of hydrogen-bond acceptors (Lipinski definition) is 3. The molecule has 0 fully saturated rings. The zero-order chi connectivity index (χ0) is 16.5. The van der Waals surface area contributed by atoms with Crippen molar-refractivity contribution in [1.29, 1.82) is 0 Å². The van der Waals surface area contributed by atoms with E-state index in [4.69, 9.17) is 0 Å². The molecule has 1 aromatic rings. The predicted octanol–water partition coefficient (Wildman–Crippen LogP) is 2.89. The predicted molar refractivity (Wildman–Crippen MR) is 89.3 cm³/mol. The second-order valence-electron chi connectivity index (χ2n) is 5.56. The minimum Gasteiger partial charge on any atom is -0.393 e. The van der Waals surface area contributed by atoms with E-state index in [9.17, 15) is 14.3 Å². The monoisotopic (exact) mass is 328 g/mol. The van der Waals surface area contributed by atoms with Crippen LogP contribution in [0.5, 0.6) is 0 Å². The summed E-state index contributed by atoms with van der Waals surface area (Å²) >= 11 is 1.61. The topological polar surface area (TPSA) is 61.4 Å². The Morgan fingerprint density at radius 2 is 2.05 bits per heavy atom. The van der Waals surface area contributed by atoms with E-state index in [-0.39, 0.29) is 17.8 Å². The first-order chi connectivity index (χ1) is 10.4. The Hall–Kier alpha value is -1.27. The Morgan fingerprint density at radius 3 is 2.68 bits per heavy atom. The van der Waals surface area contributed by atoms with Crippen LogP contribution in [0.1, 0.15) is 31.4 Å². The maximum Gasteiger partial charge on any atom is 0.315 e. The van der Waals surface area contributed by atoms with Gasteiger partial charge in [0.15, 0.2) is 0 Å². The number of rotatable bonds is 8. The first-order valence-corrected chi connectivity index (χ1v) is 8.79. The van der Waals surface area contributed by atoms with Crippen molar-refractivity contribution in [3.63, 3.8) is 0 Å². The van der Waals surface area contributed by atoms with Crippen molar-refractivity contribution >= 4 is 17.8 Å². The van der Waals surface area contributed by atoms with Crippen LogP contribution >= 0.6 is 11.8 Å². The van der Waals surface area contributed by atoms with Crippen molar-refractivity contribution in [1.82, 2.24) is 10.6 Å². The van der Waals surface area contributed by atoms with Gasteiger partial charge in [0.2, 0.25) is 0 Å². The van der Waals surface area contributed by atoms with Gasteiger partial charge in [-0.2, -0.15) is 11.8 Å². The number of urea groups is 1. The summed E-state index contributed by atoms with van der Waals surface area (Å²) in [5.41, 5.74) is 1.80. The molecule has 124 valence electrons. The molecule has 6 heteroatoms. The number of thioether (sulfide) groups is 1. The standard InChI is InChI=1S/C16H25FN2O2S/c1-11(2)15(20)6-7-18-16(21)19-9-12-4-5-14(17)8-13(12)10-22-3/h4-5,8,11,15,20H,6-7,9-10H2,1-3H3,(H2,18,19,21). The SMILES string of the molecule is CSCc1cc(F)ccc1CNC(=O)NCCC(O)C(C)C. The Kier molecular flexibility index (Phi) is 8.27. The van der Waals surface area contributed by atoms with Gasteiger partial charge in [0.1, 0.15) is 5.82 Å². The highest BCUT2D eigenvalue weighted by Crippen LogP contribution is 2.16. The summed E-state index contributed by atoms with van der Waals surface area (Å²) in [5, 5.41) is 15.1. The minimum absolute atomic E-state index is 0.179. The Labute approximate surface area is 135 Å². The molecule has 0 heterocycles. The van der Waals surface area contributed by atoms with Gasteiger partial charge in [-0.15, -0.1) is 0 Å². The molecule has 4 nitrogen and oxygen atoms in total. The highest BCUT2D eigenvalue weighted by atomic mass is 32.2. The summed E-state index contributed by atoms with van der Waals surface area (Å²) in [6.07, 6.45) is 2.07. The third-order valence-corrected chi connectivity index (χ3v) is 4.00. The Balaban J connectivity index is 2.41. The van der Waals surface area contributed by atoms with Gasteiger partial charge in [0.25, 0.3) is 0 Å². The van der Waals surface area contributed by atoms with E-state index in [2.05, 4.69) is 10.6 Å². The van der Waals surface area contributed by atoms with Gasteiger partial charge in [-0.3, -0.25) is 0 Å². The molecule has 0 aromatic heterocycles. The molecule has 2 amide bonds. The van der Waals surface area contributed by atoms with Gasteiger partial charge in [-0.25, -0.2) is 9.18 Å². The smallest absolute Gasteiger partial charge is 0.315 e. The molecule has 0 spiro atoms. The molecule has 0 saturated heterocycles. The van der Waals surface area contributed by atoms with Gasteiger partial charge in [-0.05, 0) is 41.9 Å². The number of aliphatic hydroxyl groups is 1. The lowest BCUT2D eigenvalue weighted by Gasteiger charge is -2.15. The summed E-state index contributed by atoms with van der Waals surface area (Å²) < 4.78 is 13.2. The first kappa shape index (κ1) is 18.8. The number of nitrogens with one attached hydrogen (secondary N) is 2. The van der Waals surface area contributed by atoms with Crippen LogP contribution in [0.15, 0.2) is 18.2 Å². The maximum atomic E-state index is 13.2. The highest BCUT2D eigenvalue weighted by molar-refractivity contribution is 7.97. The van der Waals surface area contributed by atoms with Crippen LogP contribution in [-0.2, 0) is 12.3 Å². The van der Waals surface area contributed by atoms with Crippen LogP contribution in [0.4, 0.5) is 9.18 Å². The average molecular weight is 328 g/mol. The number of halogens is 1. The molecule has 3 N–H and O–H groups in total.